The van der Waals surface area contributed by atoms with Gasteiger partial charge >= 0.3 is 5.97 Å². The Hall–Kier alpha value is -4.43. The molecule has 2 amide bonds. The number of nitrogens with one attached hydrogen (secondary N) is 1. The zero-order valence-corrected chi connectivity index (χ0v) is 27.6. The van der Waals surface area contributed by atoms with Crippen molar-refractivity contribution in [2.75, 3.05) is 57.7 Å². The molecule has 13 heteroatoms. The van der Waals surface area contributed by atoms with Gasteiger partial charge in [-0.1, -0.05) is 42.2 Å². The van der Waals surface area contributed by atoms with Crippen molar-refractivity contribution in [3.63, 3.8) is 0 Å². The van der Waals surface area contributed by atoms with Gasteiger partial charge in [0.15, 0.2) is 11.6 Å². The number of carbonyl (C=O) groups excluding carboxylic acids is 2. The number of thioether (sulfide) groups is 1. The Morgan fingerprint density at radius 1 is 0.958 bits per heavy atom. The minimum absolute atomic E-state index is 0.0395. The number of hydrogen-bond donors (Lipinski definition) is 2. The molecule has 0 aliphatic carbocycles. The molecule has 5 rings (SSSR count). The Bertz CT molecular complexity index is 1740. The van der Waals surface area contributed by atoms with Crippen molar-refractivity contribution in [3.05, 3.63) is 101 Å². The number of nitrogens with zero attached hydrogens (tertiary/aromatic N) is 3. The molecule has 3 aromatic rings. The fourth-order valence-corrected chi connectivity index (χ4v) is 6.58. The van der Waals surface area contributed by atoms with E-state index in [2.05, 4.69) is 21.7 Å². The predicted molar refractivity (Wildman–Crippen MR) is 187 cm³/mol. The maximum atomic E-state index is 14.1. The van der Waals surface area contributed by atoms with Crippen LogP contribution >= 0.6 is 24.0 Å². The van der Waals surface area contributed by atoms with E-state index in [0.717, 1.165) is 56.6 Å². The van der Waals surface area contributed by atoms with Crippen LogP contribution in [0.3, 0.4) is 0 Å². The van der Waals surface area contributed by atoms with Crippen LogP contribution in [0.15, 0.2) is 78.2 Å². The monoisotopic (exact) mass is 692 g/mol. The van der Waals surface area contributed by atoms with Crippen LogP contribution in [0.1, 0.15) is 22.3 Å². The second-order valence-electron chi connectivity index (χ2n) is 11.2. The van der Waals surface area contributed by atoms with Crippen molar-refractivity contribution in [2.24, 2.45) is 0 Å². The molecule has 0 unspecified atom stereocenters. The van der Waals surface area contributed by atoms with Gasteiger partial charge in [0.2, 0.25) is 5.91 Å². The highest BCUT2D eigenvalue weighted by atomic mass is 32.2. The van der Waals surface area contributed by atoms with Gasteiger partial charge in [0, 0.05) is 63.5 Å². The molecule has 0 bridgehead atoms. The van der Waals surface area contributed by atoms with Crippen molar-refractivity contribution < 1.29 is 33.0 Å². The summed E-state index contributed by atoms with van der Waals surface area (Å²) in [6.45, 7) is 9.55. The minimum atomic E-state index is -1.07. The first-order chi connectivity index (χ1) is 23.1. The number of thiocarbonyl (C=S) groups is 1. The van der Waals surface area contributed by atoms with Gasteiger partial charge in [-0.25, -0.2) is 13.6 Å². The summed E-state index contributed by atoms with van der Waals surface area (Å²) in [5, 5.41) is 11.7. The van der Waals surface area contributed by atoms with Crippen molar-refractivity contribution in [2.45, 2.75) is 6.42 Å². The normalized spacial score (nSPS) is 16.4. The van der Waals surface area contributed by atoms with Gasteiger partial charge in [-0.05, 0) is 65.7 Å². The number of carboxylic acid groups (broad SMARTS) is 1. The Morgan fingerprint density at radius 3 is 2.33 bits per heavy atom. The molecule has 0 atom stereocenters. The van der Waals surface area contributed by atoms with Gasteiger partial charge < -0.3 is 15.2 Å². The maximum Gasteiger partial charge on any atom is 0.335 e. The highest BCUT2D eigenvalue weighted by Crippen LogP contribution is 2.36. The zero-order chi connectivity index (χ0) is 34.2. The fourth-order valence-electron chi connectivity index (χ4n) is 5.28. The molecule has 3 aromatic carbocycles. The van der Waals surface area contributed by atoms with Crippen LogP contribution < -0.4 is 10.1 Å². The Morgan fingerprint density at radius 2 is 1.65 bits per heavy atom. The first-order valence-corrected chi connectivity index (χ1v) is 16.5. The van der Waals surface area contributed by atoms with E-state index in [0.29, 0.717) is 50.5 Å². The molecule has 2 fully saturated rings. The van der Waals surface area contributed by atoms with E-state index in [1.54, 1.807) is 24.3 Å². The van der Waals surface area contributed by atoms with Crippen molar-refractivity contribution >= 4 is 57.8 Å². The van der Waals surface area contributed by atoms with Crippen LogP contribution in [0.25, 0.3) is 17.2 Å². The number of halogens is 2. The van der Waals surface area contributed by atoms with Crippen LogP contribution in [-0.4, -0.2) is 94.3 Å². The molecule has 0 radical (unpaired) electrons. The van der Waals surface area contributed by atoms with E-state index < -0.39 is 17.6 Å². The molecule has 2 aliphatic heterocycles. The fraction of sp³-hybridized carbons (Fsp3) is 0.257. The largest absolute Gasteiger partial charge is 0.492 e. The molecule has 9 nitrogen and oxygen atoms in total. The third kappa shape index (κ3) is 8.92. The molecule has 2 heterocycles. The molecule has 2 saturated heterocycles. The molecule has 2 aliphatic rings. The predicted octanol–water partition coefficient (Wildman–Crippen LogP) is 5.74. The molecular formula is C35H34F2N4O5S2. The van der Waals surface area contributed by atoms with E-state index in [9.17, 15) is 23.2 Å². The number of hydrogen-bond acceptors (Lipinski definition) is 8. The van der Waals surface area contributed by atoms with E-state index in [1.807, 2.05) is 6.08 Å². The van der Waals surface area contributed by atoms with E-state index in [-0.39, 0.29) is 30.3 Å². The maximum absolute atomic E-state index is 14.1. The number of aromatic carboxylic acids is 1. The summed E-state index contributed by atoms with van der Waals surface area (Å²) < 4.78 is 34.2. The van der Waals surface area contributed by atoms with E-state index >= 15 is 0 Å². The number of carbonyl (C=O) groups is 3. The van der Waals surface area contributed by atoms with Crippen LogP contribution in [0.5, 0.6) is 5.75 Å². The highest BCUT2D eigenvalue weighted by Gasteiger charge is 2.32. The number of carboxylic acids is 1. The van der Waals surface area contributed by atoms with E-state index in [4.69, 9.17) is 22.1 Å². The average molecular weight is 693 g/mol. The van der Waals surface area contributed by atoms with Gasteiger partial charge in [0.1, 0.15) is 16.7 Å². The number of ether oxygens (including phenoxy) is 1. The minimum Gasteiger partial charge on any atom is -0.492 e. The average Bonchev–Trinajstić information content (AvgIpc) is 3.34. The van der Waals surface area contributed by atoms with Crippen LogP contribution in [-0.2, 0) is 9.59 Å². The van der Waals surface area contributed by atoms with E-state index in [1.165, 1.54) is 35.2 Å². The standard InChI is InChI=1S/C35H34F2N4O5S2/c1-2-12-39-14-16-40(17-15-39)18-19-46-30-10-6-24(25-5-9-28(36)29(37)21-25)20-26(30)22-31-33(43)41(35(47)48-31)13-11-32(42)38-27-7-3-23(4-8-27)34(44)45/h2-10,20-22H,1,11-19H2,(H,38,42)(H,44,45). The van der Waals surface area contributed by atoms with Crippen LogP contribution in [0.2, 0.25) is 0 Å². The van der Waals surface area contributed by atoms with Gasteiger partial charge in [0.05, 0.1) is 10.5 Å². The Labute approximate surface area is 286 Å². The lowest BCUT2D eigenvalue weighted by atomic mass is 10.0. The first kappa shape index (κ1) is 34.9. The lowest BCUT2D eigenvalue weighted by Gasteiger charge is -2.33. The summed E-state index contributed by atoms with van der Waals surface area (Å²) in [5.74, 6) is -3.20. The topological polar surface area (TPSA) is 102 Å². The number of benzene rings is 3. The lowest BCUT2D eigenvalue weighted by molar-refractivity contribution is -0.122. The molecule has 0 aromatic heterocycles. The quantitative estimate of drug-likeness (QED) is 0.132. The highest BCUT2D eigenvalue weighted by molar-refractivity contribution is 8.26. The van der Waals surface area contributed by atoms with Crippen LogP contribution in [0.4, 0.5) is 14.5 Å². The number of rotatable bonds is 13. The first-order valence-electron chi connectivity index (χ1n) is 15.3. The SMILES string of the molecule is C=CCN1CCN(CCOc2ccc(-c3ccc(F)c(F)c3)cc2C=C2SC(=S)N(CCC(=O)Nc3ccc(C(=O)O)cc3)C2=O)CC1. The summed E-state index contributed by atoms with van der Waals surface area (Å²) in [5.41, 5.74) is 2.16. The molecular weight excluding hydrogens is 659 g/mol. The van der Waals surface area contributed by atoms with Gasteiger partial charge in [-0.3, -0.25) is 24.3 Å². The smallest absolute Gasteiger partial charge is 0.335 e. The Kier molecular flexibility index (Phi) is 11.7. The third-order valence-corrected chi connectivity index (χ3v) is 9.30. The van der Waals surface area contributed by atoms with Gasteiger partial charge in [0.25, 0.3) is 5.91 Å². The molecule has 0 spiro atoms. The van der Waals surface area contributed by atoms with Crippen molar-refractivity contribution in [1.29, 1.82) is 0 Å². The summed E-state index contributed by atoms with van der Waals surface area (Å²) in [6.07, 6.45) is 3.53. The van der Waals surface area contributed by atoms with Gasteiger partial charge in [-0.15, -0.1) is 6.58 Å². The second kappa shape index (κ2) is 16.1. The summed E-state index contributed by atoms with van der Waals surface area (Å²) in [4.78, 5) is 43.4. The lowest BCUT2D eigenvalue weighted by Crippen LogP contribution is -2.47. The van der Waals surface area contributed by atoms with Crippen molar-refractivity contribution in [1.82, 2.24) is 14.7 Å². The summed E-state index contributed by atoms with van der Waals surface area (Å²) in [7, 11) is 0. The second-order valence-corrected chi connectivity index (χ2v) is 12.9. The number of piperazine rings is 1. The molecule has 250 valence electrons. The number of amides is 2. The van der Waals surface area contributed by atoms with Crippen LogP contribution in [0, 0.1) is 11.6 Å². The summed E-state index contributed by atoms with van der Waals surface area (Å²) >= 11 is 6.58. The third-order valence-electron chi connectivity index (χ3n) is 7.92. The molecule has 2 N–H and O–H groups in total. The molecule has 0 saturated carbocycles. The summed E-state index contributed by atoms with van der Waals surface area (Å²) in [6, 6.07) is 14.7. The van der Waals surface area contributed by atoms with Crippen molar-refractivity contribution in [3.8, 4) is 16.9 Å². The van der Waals surface area contributed by atoms with Gasteiger partial charge in [-0.2, -0.15) is 0 Å². The Balaban J connectivity index is 1.28. The molecule has 48 heavy (non-hydrogen) atoms. The number of anilines is 1. The zero-order valence-electron chi connectivity index (χ0n) is 26.0.